The normalized spacial score (nSPS) is 12.7. The molecule has 1 heterocycles. The molecule has 102 valence electrons. The van der Waals surface area contributed by atoms with Crippen LogP contribution in [0, 0.1) is 20.8 Å². The van der Waals surface area contributed by atoms with E-state index in [1.54, 1.807) is 6.26 Å². The summed E-state index contributed by atoms with van der Waals surface area (Å²) in [6.07, 6.45) is 2.62. The lowest BCUT2D eigenvalue weighted by molar-refractivity contribution is 0.175. The van der Waals surface area contributed by atoms with E-state index >= 15 is 0 Å². The van der Waals surface area contributed by atoms with E-state index in [4.69, 9.17) is 4.42 Å². The van der Waals surface area contributed by atoms with Crippen LogP contribution in [0.15, 0.2) is 28.9 Å². The van der Waals surface area contributed by atoms with Gasteiger partial charge in [0.2, 0.25) is 0 Å². The largest absolute Gasteiger partial charge is 0.469 e. The van der Waals surface area contributed by atoms with E-state index in [0.717, 1.165) is 17.7 Å². The van der Waals surface area contributed by atoms with Crippen molar-refractivity contribution in [3.63, 3.8) is 0 Å². The van der Waals surface area contributed by atoms with Crippen molar-refractivity contribution < 1.29 is 9.52 Å². The number of rotatable bonds is 4. The Balaban J connectivity index is 2.27. The Morgan fingerprint density at radius 1 is 1.16 bits per heavy atom. The first kappa shape index (κ1) is 13.9. The lowest BCUT2D eigenvalue weighted by Crippen LogP contribution is -2.06. The van der Waals surface area contributed by atoms with Gasteiger partial charge in [0.25, 0.3) is 0 Å². The molecule has 1 unspecified atom stereocenters. The van der Waals surface area contributed by atoms with Crippen LogP contribution in [0.1, 0.15) is 46.6 Å². The van der Waals surface area contributed by atoms with Crippen molar-refractivity contribution in [3.05, 3.63) is 58.0 Å². The number of aliphatic hydroxyl groups excluding tert-OH is 1. The number of benzene rings is 1. The van der Waals surface area contributed by atoms with Crippen molar-refractivity contribution in [3.8, 4) is 0 Å². The molecule has 1 aromatic heterocycles. The van der Waals surface area contributed by atoms with Crippen LogP contribution in [-0.4, -0.2) is 5.11 Å². The SMILES string of the molecule is CCc1occc1C(O)Cc1c(C)cc(C)cc1C. The average molecular weight is 258 g/mol. The van der Waals surface area contributed by atoms with Crippen LogP contribution in [-0.2, 0) is 12.8 Å². The topological polar surface area (TPSA) is 33.4 Å². The first-order chi connectivity index (χ1) is 9.02. The number of aryl methyl sites for hydroxylation is 4. The highest BCUT2D eigenvalue weighted by molar-refractivity contribution is 5.38. The van der Waals surface area contributed by atoms with Gasteiger partial charge in [0.1, 0.15) is 5.76 Å². The van der Waals surface area contributed by atoms with Gasteiger partial charge in [0, 0.05) is 18.4 Å². The van der Waals surface area contributed by atoms with Gasteiger partial charge < -0.3 is 9.52 Å². The van der Waals surface area contributed by atoms with Crippen molar-refractivity contribution in [2.45, 2.75) is 46.6 Å². The van der Waals surface area contributed by atoms with Gasteiger partial charge in [-0.1, -0.05) is 24.6 Å². The molecule has 0 aliphatic carbocycles. The lowest BCUT2D eigenvalue weighted by atomic mass is 9.93. The Morgan fingerprint density at radius 2 is 1.79 bits per heavy atom. The zero-order chi connectivity index (χ0) is 14.0. The van der Waals surface area contributed by atoms with Gasteiger partial charge in [-0.05, 0) is 43.5 Å². The van der Waals surface area contributed by atoms with Gasteiger partial charge in [-0.2, -0.15) is 0 Å². The smallest absolute Gasteiger partial charge is 0.109 e. The van der Waals surface area contributed by atoms with Crippen molar-refractivity contribution in [1.82, 2.24) is 0 Å². The molecular weight excluding hydrogens is 236 g/mol. The minimum Gasteiger partial charge on any atom is -0.469 e. The molecule has 0 saturated carbocycles. The van der Waals surface area contributed by atoms with Crippen LogP contribution in [0.25, 0.3) is 0 Å². The number of furan rings is 1. The molecule has 0 bridgehead atoms. The molecule has 2 nitrogen and oxygen atoms in total. The molecule has 1 N–H and O–H groups in total. The molecule has 0 fully saturated rings. The third-order valence-corrected chi connectivity index (χ3v) is 3.70. The minimum absolute atomic E-state index is 0.492. The summed E-state index contributed by atoms with van der Waals surface area (Å²) in [6, 6.07) is 6.22. The molecule has 1 aromatic carbocycles. The zero-order valence-electron chi connectivity index (χ0n) is 12.2. The quantitative estimate of drug-likeness (QED) is 0.897. The maximum atomic E-state index is 10.4. The molecular formula is C17H22O2. The van der Waals surface area contributed by atoms with Gasteiger partial charge in [0.05, 0.1) is 12.4 Å². The third kappa shape index (κ3) is 2.90. The Kier molecular flexibility index (Phi) is 4.11. The fourth-order valence-electron chi connectivity index (χ4n) is 2.77. The van der Waals surface area contributed by atoms with E-state index in [-0.39, 0.29) is 0 Å². The average Bonchev–Trinajstić information content (AvgIpc) is 2.81. The summed E-state index contributed by atoms with van der Waals surface area (Å²) in [7, 11) is 0. The first-order valence-corrected chi connectivity index (χ1v) is 6.84. The first-order valence-electron chi connectivity index (χ1n) is 6.84. The highest BCUT2D eigenvalue weighted by Gasteiger charge is 2.17. The van der Waals surface area contributed by atoms with Crippen molar-refractivity contribution in [1.29, 1.82) is 0 Å². The fraction of sp³-hybridized carbons (Fsp3) is 0.412. The van der Waals surface area contributed by atoms with Crippen LogP contribution in [0.4, 0.5) is 0 Å². The van der Waals surface area contributed by atoms with Gasteiger partial charge in [-0.25, -0.2) is 0 Å². The molecule has 2 aromatic rings. The number of hydrogen-bond donors (Lipinski definition) is 1. The van der Waals surface area contributed by atoms with Crippen molar-refractivity contribution in [2.75, 3.05) is 0 Å². The van der Waals surface area contributed by atoms with Crippen LogP contribution >= 0.6 is 0 Å². The molecule has 0 saturated heterocycles. The van der Waals surface area contributed by atoms with Crippen LogP contribution in [0.2, 0.25) is 0 Å². The summed E-state index contributed by atoms with van der Waals surface area (Å²) < 4.78 is 5.39. The number of aliphatic hydroxyl groups is 1. The second-order valence-electron chi connectivity index (χ2n) is 5.25. The Morgan fingerprint density at radius 3 is 2.37 bits per heavy atom. The summed E-state index contributed by atoms with van der Waals surface area (Å²) in [5.74, 6) is 0.884. The van der Waals surface area contributed by atoms with E-state index in [2.05, 4.69) is 32.9 Å². The minimum atomic E-state index is -0.492. The molecule has 1 atom stereocenters. The lowest BCUT2D eigenvalue weighted by Gasteiger charge is -2.15. The van der Waals surface area contributed by atoms with E-state index < -0.39 is 6.10 Å². The van der Waals surface area contributed by atoms with E-state index in [9.17, 15) is 5.11 Å². The van der Waals surface area contributed by atoms with Gasteiger partial charge in [-0.15, -0.1) is 0 Å². The molecule has 0 aliphatic heterocycles. The second-order valence-corrected chi connectivity index (χ2v) is 5.25. The molecule has 19 heavy (non-hydrogen) atoms. The summed E-state index contributed by atoms with van der Waals surface area (Å²) in [4.78, 5) is 0. The molecule has 0 amide bonds. The molecule has 0 aliphatic rings. The van der Waals surface area contributed by atoms with E-state index in [0.29, 0.717) is 6.42 Å². The summed E-state index contributed by atoms with van der Waals surface area (Å²) in [5, 5.41) is 10.4. The summed E-state index contributed by atoms with van der Waals surface area (Å²) in [6.45, 7) is 8.36. The standard InChI is InChI=1S/C17H22O2/c1-5-17-14(6-7-19-17)16(18)10-15-12(3)8-11(2)9-13(15)4/h6-9,16,18H,5,10H2,1-4H3. The van der Waals surface area contributed by atoms with Crippen LogP contribution < -0.4 is 0 Å². The second kappa shape index (κ2) is 5.62. The maximum Gasteiger partial charge on any atom is 0.109 e. The molecule has 0 radical (unpaired) electrons. The van der Waals surface area contributed by atoms with Crippen molar-refractivity contribution in [2.24, 2.45) is 0 Å². The van der Waals surface area contributed by atoms with Crippen molar-refractivity contribution >= 4 is 0 Å². The fourth-order valence-corrected chi connectivity index (χ4v) is 2.77. The predicted octanol–water partition coefficient (Wildman–Crippen LogP) is 4.04. The molecule has 2 heteroatoms. The molecule has 2 rings (SSSR count). The van der Waals surface area contributed by atoms with Gasteiger partial charge in [-0.3, -0.25) is 0 Å². The number of hydrogen-bond acceptors (Lipinski definition) is 2. The predicted molar refractivity (Wildman–Crippen MR) is 77.4 cm³/mol. The van der Waals surface area contributed by atoms with Gasteiger partial charge >= 0.3 is 0 Å². The third-order valence-electron chi connectivity index (χ3n) is 3.70. The monoisotopic (exact) mass is 258 g/mol. The summed E-state index contributed by atoms with van der Waals surface area (Å²) >= 11 is 0. The Bertz CT molecular complexity index is 543. The Labute approximate surface area is 115 Å². The van der Waals surface area contributed by atoms with Crippen LogP contribution in [0.3, 0.4) is 0 Å². The summed E-state index contributed by atoms with van der Waals surface area (Å²) in [5.41, 5.74) is 5.92. The van der Waals surface area contributed by atoms with Gasteiger partial charge in [0.15, 0.2) is 0 Å². The van der Waals surface area contributed by atoms with Crippen LogP contribution in [0.5, 0.6) is 0 Å². The highest BCUT2D eigenvalue weighted by Crippen LogP contribution is 2.26. The van der Waals surface area contributed by atoms with E-state index in [1.807, 2.05) is 13.0 Å². The van der Waals surface area contributed by atoms with E-state index in [1.165, 1.54) is 22.3 Å². The highest BCUT2D eigenvalue weighted by atomic mass is 16.3. The molecule has 0 spiro atoms. The zero-order valence-corrected chi connectivity index (χ0v) is 12.2. The maximum absolute atomic E-state index is 10.4. The Hall–Kier alpha value is -1.54.